The number of carbonyl (C=O) groups excluding carboxylic acids is 1. The second-order valence-corrected chi connectivity index (χ2v) is 7.03. The number of likely N-dealkylation sites (tertiary alicyclic amines) is 1. The number of rotatable bonds is 8. The lowest BCUT2D eigenvalue weighted by Crippen LogP contribution is -2.35. The van der Waals surface area contributed by atoms with E-state index in [1.807, 2.05) is 17.7 Å². The van der Waals surface area contributed by atoms with Crippen molar-refractivity contribution in [3.63, 3.8) is 0 Å². The van der Waals surface area contributed by atoms with Crippen molar-refractivity contribution in [2.75, 3.05) is 45.2 Å². The van der Waals surface area contributed by atoms with E-state index < -0.39 is 0 Å². The van der Waals surface area contributed by atoms with Gasteiger partial charge in [-0.2, -0.15) is 5.10 Å². The lowest BCUT2D eigenvalue weighted by Gasteiger charge is -2.16. The zero-order chi connectivity index (χ0) is 17.5. The molecule has 0 spiro atoms. The minimum Gasteiger partial charge on any atom is -0.383 e. The van der Waals surface area contributed by atoms with Crippen LogP contribution >= 0.6 is 0 Å². The van der Waals surface area contributed by atoms with Gasteiger partial charge in [-0.15, -0.1) is 0 Å². The van der Waals surface area contributed by atoms with Crippen LogP contribution in [0.4, 0.5) is 10.6 Å². The minimum atomic E-state index is -0.157. The standard InChI is InChI=1S/C17H31N5O2/c1-13(2)11-22-16(9-14(3)20-22)19-17(23)18-10-15-5-6-21(12-15)7-8-24-4/h9,13,15H,5-8,10-12H2,1-4H3,(H2,18,19,23)/t15-/m0/s1. The van der Waals surface area contributed by atoms with Gasteiger partial charge in [-0.1, -0.05) is 13.8 Å². The number of anilines is 1. The monoisotopic (exact) mass is 337 g/mol. The Morgan fingerprint density at radius 1 is 1.50 bits per heavy atom. The van der Waals surface area contributed by atoms with Gasteiger partial charge in [0, 0.05) is 39.4 Å². The lowest BCUT2D eigenvalue weighted by molar-refractivity contribution is 0.159. The molecule has 0 aliphatic carbocycles. The molecule has 2 N–H and O–H groups in total. The van der Waals surface area contributed by atoms with Crippen molar-refractivity contribution < 1.29 is 9.53 Å². The van der Waals surface area contributed by atoms with Gasteiger partial charge in [-0.25, -0.2) is 9.48 Å². The first-order valence-corrected chi connectivity index (χ1v) is 8.78. The molecule has 1 aromatic rings. The molecule has 2 amide bonds. The molecular weight excluding hydrogens is 306 g/mol. The van der Waals surface area contributed by atoms with E-state index in [0.717, 1.165) is 50.7 Å². The summed E-state index contributed by atoms with van der Waals surface area (Å²) in [5.74, 6) is 1.74. The normalized spacial score (nSPS) is 18.3. The maximum atomic E-state index is 12.2. The number of urea groups is 1. The van der Waals surface area contributed by atoms with Crippen LogP contribution in [0.2, 0.25) is 0 Å². The van der Waals surface area contributed by atoms with Crippen molar-refractivity contribution in [3.05, 3.63) is 11.8 Å². The number of hydrogen-bond donors (Lipinski definition) is 2. The fraction of sp³-hybridized carbons (Fsp3) is 0.765. The van der Waals surface area contributed by atoms with Crippen molar-refractivity contribution >= 4 is 11.8 Å². The Balaban J connectivity index is 1.76. The fourth-order valence-corrected chi connectivity index (χ4v) is 3.03. The summed E-state index contributed by atoms with van der Waals surface area (Å²) >= 11 is 0. The molecule has 136 valence electrons. The molecule has 1 aliphatic rings. The Hall–Kier alpha value is -1.60. The molecule has 0 bridgehead atoms. The number of ether oxygens (including phenoxy) is 1. The van der Waals surface area contributed by atoms with Gasteiger partial charge in [0.1, 0.15) is 5.82 Å². The molecule has 2 rings (SSSR count). The van der Waals surface area contributed by atoms with Gasteiger partial charge in [0.25, 0.3) is 0 Å². The lowest BCUT2D eigenvalue weighted by atomic mass is 10.1. The van der Waals surface area contributed by atoms with E-state index in [1.165, 1.54) is 0 Å². The highest BCUT2D eigenvalue weighted by Crippen LogP contribution is 2.15. The molecular formula is C17H31N5O2. The van der Waals surface area contributed by atoms with Gasteiger partial charge < -0.3 is 15.0 Å². The molecule has 1 atom stereocenters. The van der Waals surface area contributed by atoms with Crippen LogP contribution in [0.5, 0.6) is 0 Å². The first kappa shape index (κ1) is 18.7. The first-order chi connectivity index (χ1) is 11.5. The number of hydrogen-bond acceptors (Lipinski definition) is 4. The van der Waals surface area contributed by atoms with Gasteiger partial charge >= 0.3 is 6.03 Å². The largest absolute Gasteiger partial charge is 0.383 e. The van der Waals surface area contributed by atoms with Crippen LogP contribution in [0.1, 0.15) is 26.0 Å². The van der Waals surface area contributed by atoms with Crippen molar-refractivity contribution in [1.29, 1.82) is 0 Å². The van der Waals surface area contributed by atoms with Crippen molar-refractivity contribution in [3.8, 4) is 0 Å². The Morgan fingerprint density at radius 2 is 2.29 bits per heavy atom. The quantitative estimate of drug-likeness (QED) is 0.760. The van der Waals surface area contributed by atoms with Crippen molar-refractivity contribution in [2.24, 2.45) is 11.8 Å². The molecule has 7 heteroatoms. The topological polar surface area (TPSA) is 71.4 Å². The molecule has 1 aliphatic heterocycles. The molecule has 1 aromatic heterocycles. The molecule has 1 fully saturated rings. The zero-order valence-electron chi connectivity index (χ0n) is 15.3. The Kier molecular flexibility index (Phi) is 7.05. The third kappa shape index (κ3) is 5.79. The predicted molar refractivity (Wildman–Crippen MR) is 95.2 cm³/mol. The highest BCUT2D eigenvalue weighted by atomic mass is 16.5. The summed E-state index contributed by atoms with van der Waals surface area (Å²) in [5.41, 5.74) is 0.913. The van der Waals surface area contributed by atoms with Crippen LogP contribution in [-0.2, 0) is 11.3 Å². The number of amides is 2. The Labute approximate surface area is 144 Å². The number of methoxy groups -OCH3 is 1. The van der Waals surface area contributed by atoms with Crippen LogP contribution in [0.25, 0.3) is 0 Å². The van der Waals surface area contributed by atoms with E-state index in [2.05, 4.69) is 34.5 Å². The molecule has 0 radical (unpaired) electrons. The smallest absolute Gasteiger partial charge is 0.320 e. The minimum absolute atomic E-state index is 0.157. The number of aromatic nitrogens is 2. The number of aryl methyl sites for hydroxylation is 1. The summed E-state index contributed by atoms with van der Waals surface area (Å²) in [4.78, 5) is 14.6. The average Bonchev–Trinajstić information content (AvgIpc) is 3.09. The van der Waals surface area contributed by atoms with E-state index >= 15 is 0 Å². The highest BCUT2D eigenvalue weighted by Gasteiger charge is 2.22. The Bertz CT molecular complexity index is 529. The summed E-state index contributed by atoms with van der Waals surface area (Å²) in [7, 11) is 1.73. The molecule has 0 saturated carbocycles. The van der Waals surface area contributed by atoms with Crippen LogP contribution in [0.3, 0.4) is 0 Å². The van der Waals surface area contributed by atoms with Crippen LogP contribution in [0, 0.1) is 18.8 Å². The number of nitrogens with zero attached hydrogens (tertiary/aromatic N) is 3. The molecule has 24 heavy (non-hydrogen) atoms. The van der Waals surface area contributed by atoms with Crippen LogP contribution in [0.15, 0.2) is 6.07 Å². The molecule has 7 nitrogen and oxygen atoms in total. The SMILES string of the molecule is COCCN1CC[C@@H](CNC(=O)Nc2cc(C)nn2CC(C)C)C1. The molecule has 0 unspecified atom stereocenters. The maximum Gasteiger partial charge on any atom is 0.320 e. The fourth-order valence-electron chi connectivity index (χ4n) is 3.03. The number of carbonyl (C=O) groups is 1. The summed E-state index contributed by atoms with van der Waals surface area (Å²) in [6.07, 6.45) is 1.12. The highest BCUT2D eigenvalue weighted by molar-refractivity contribution is 5.88. The second-order valence-electron chi connectivity index (χ2n) is 7.03. The summed E-state index contributed by atoms with van der Waals surface area (Å²) in [5, 5.41) is 10.3. The van der Waals surface area contributed by atoms with Crippen molar-refractivity contribution in [1.82, 2.24) is 20.0 Å². The summed E-state index contributed by atoms with van der Waals surface area (Å²) < 4.78 is 6.98. The van der Waals surface area contributed by atoms with Gasteiger partial charge in [0.05, 0.1) is 12.3 Å². The van der Waals surface area contributed by atoms with Crippen LogP contribution < -0.4 is 10.6 Å². The van der Waals surface area contributed by atoms with E-state index in [0.29, 0.717) is 18.4 Å². The average molecular weight is 337 g/mol. The maximum absolute atomic E-state index is 12.2. The van der Waals surface area contributed by atoms with Gasteiger partial charge in [-0.3, -0.25) is 5.32 Å². The third-order valence-electron chi connectivity index (χ3n) is 4.21. The van der Waals surface area contributed by atoms with Gasteiger partial charge in [0.15, 0.2) is 0 Å². The second kappa shape index (κ2) is 9.03. The van der Waals surface area contributed by atoms with E-state index in [9.17, 15) is 4.79 Å². The Morgan fingerprint density at radius 3 is 3.00 bits per heavy atom. The number of nitrogens with one attached hydrogen (secondary N) is 2. The third-order valence-corrected chi connectivity index (χ3v) is 4.21. The first-order valence-electron chi connectivity index (χ1n) is 8.78. The molecule has 1 saturated heterocycles. The molecule has 2 heterocycles. The predicted octanol–water partition coefficient (Wildman–Crippen LogP) is 1.94. The van der Waals surface area contributed by atoms with Gasteiger partial charge in [0.2, 0.25) is 0 Å². The van der Waals surface area contributed by atoms with E-state index in [-0.39, 0.29) is 6.03 Å². The summed E-state index contributed by atoms with van der Waals surface area (Å²) in [6, 6.07) is 1.75. The van der Waals surface area contributed by atoms with E-state index in [1.54, 1.807) is 7.11 Å². The van der Waals surface area contributed by atoms with E-state index in [4.69, 9.17) is 4.74 Å². The van der Waals surface area contributed by atoms with Crippen LogP contribution in [-0.4, -0.2) is 60.6 Å². The van der Waals surface area contributed by atoms with Crippen molar-refractivity contribution in [2.45, 2.75) is 33.7 Å². The zero-order valence-corrected chi connectivity index (χ0v) is 15.3. The molecule has 0 aromatic carbocycles. The van der Waals surface area contributed by atoms with Gasteiger partial charge in [-0.05, 0) is 31.7 Å². The summed E-state index contributed by atoms with van der Waals surface area (Å²) in [6.45, 7) is 11.5.